The molecule has 0 amide bonds. The fourth-order valence-electron chi connectivity index (χ4n) is 3.35. The number of carboxylic acids is 1. The summed E-state index contributed by atoms with van der Waals surface area (Å²) in [6, 6.07) is 18.0. The van der Waals surface area contributed by atoms with Gasteiger partial charge in [-0.15, -0.1) is 0 Å². The van der Waals surface area contributed by atoms with Gasteiger partial charge in [0.1, 0.15) is 23.5 Å². The van der Waals surface area contributed by atoms with Gasteiger partial charge in [0.15, 0.2) is 11.5 Å². The average molecular weight is 465 g/mol. The Morgan fingerprint density at radius 2 is 1.47 bits per heavy atom. The molecular weight excluding hydrogens is 436 g/mol. The van der Waals surface area contributed by atoms with E-state index in [0.717, 1.165) is 16.7 Å². The Bertz CT molecular complexity index is 1160. The first-order valence-corrected chi connectivity index (χ1v) is 10.7. The number of carbonyl (C=O) groups is 2. The molecule has 0 bridgehead atoms. The predicted molar refractivity (Wildman–Crippen MR) is 127 cm³/mol. The number of phenols is 1. The van der Waals surface area contributed by atoms with Crippen molar-refractivity contribution in [3.8, 4) is 28.4 Å². The van der Waals surface area contributed by atoms with Crippen molar-refractivity contribution in [3.63, 3.8) is 0 Å². The molecule has 3 aromatic rings. The minimum Gasteiger partial charge on any atom is -0.504 e. The first-order chi connectivity index (χ1) is 16.1. The molecule has 0 saturated heterocycles. The van der Waals surface area contributed by atoms with Crippen LogP contribution in [0.5, 0.6) is 17.2 Å². The highest BCUT2D eigenvalue weighted by atomic mass is 16.6. The van der Waals surface area contributed by atoms with Gasteiger partial charge < -0.3 is 24.4 Å². The van der Waals surface area contributed by atoms with E-state index < -0.39 is 17.5 Å². The lowest BCUT2D eigenvalue weighted by Crippen LogP contribution is -2.25. The molecular formula is C27H28O7. The van der Waals surface area contributed by atoms with Gasteiger partial charge in [-0.3, -0.25) is 4.79 Å². The number of hydrogen-bond acceptors (Lipinski definition) is 6. The van der Waals surface area contributed by atoms with Gasteiger partial charge in [0, 0.05) is 5.56 Å². The molecule has 2 N–H and O–H groups in total. The van der Waals surface area contributed by atoms with Gasteiger partial charge >= 0.3 is 11.9 Å². The second kappa shape index (κ2) is 10.3. The molecule has 3 rings (SSSR count). The molecule has 0 spiro atoms. The molecule has 0 fully saturated rings. The van der Waals surface area contributed by atoms with Crippen molar-refractivity contribution < 1.29 is 34.0 Å². The maximum absolute atomic E-state index is 12.7. The van der Waals surface area contributed by atoms with Gasteiger partial charge in [-0.25, -0.2) is 4.79 Å². The predicted octanol–water partition coefficient (Wildman–Crippen LogP) is 5.23. The van der Waals surface area contributed by atoms with Crippen LogP contribution in [0.3, 0.4) is 0 Å². The van der Waals surface area contributed by atoms with Gasteiger partial charge in [-0.1, -0.05) is 42.5 Å². The van der Waals surface area contributed by atoms with Gasteiger partial charge in [0.2, 0.25) is 0 Å². The highest BCUT2D eigenvalue weighted by molar-refractivity contribution is 5.95. The van der Waals surface area contributed by atoms with Crippen LogP contribution in [0.15, 0.2) is 60.7 Å². The summed E-state index contributed by atoms with van der Waals surface area (Å²) in [6.07, 6.45) is -0.0146. The number of carbonyl (C=O) groups excluding carboxylic acids is 1. The lowest BCUT2D eigenvalue weighted by atomic mass is 10.0. The summed E-state index contributed by atoms with van der Waals surface area (Å²) >= 11 is 0. The van der Waals surface area contributed by atoms with Gasteiger partial charge in [-0.2, -0.15) is 0 Å². The van der Waals surface area contributed by atoms with E-state index in [4.69, 9.17) is 19.3 Å². The number of esters is 1. The van der Waals surface area contributed by atoms with E-state index in [0.29, 0.717) is 11.3 Å². The summed E-state index contributed by atoms with van der Waals surface area (Å²) in [6.45, 7) is 5.29. The maximum Gasteiger partial charge on any atom is 0.343 e. The van der Waals surface area contributed by atoms with Gasteiger partial charge in [0.05, 0.1) is 13.5 Å². The minimum absolute atomic E-state index is 0.00680. The molecule has 3 aromatic carbocycles. The summed E-state index contributed by atoms with van der Waals surface area (Å²) in [5, 5.41) is 19.4. The van der Waals surface area contributed by atoms with Crippen LogP contribution < -0.4 is 9.47 Å². The second-order valence-corrected chi connectivity index (χ2v) is 8.73. The van der Waals surface area contributed by atoms with E-state index in [-0.39, 0.29) is 30.1 Å². The number of methoxy groups -OCH3 is 1. The third-order valence-corrected chi connectivity index (χ3v) is 4.94. The van der Waals surface area contributed by atoms with Crippen molar-refractivity contribution in [1.82, 2.24) is 0 Å². The number of aliphatic carboxylic acids is 1. The molecule has 0 aliphatic rings. The third-order valence-electron chi connectivity index (χ3n) is 4.94. The highest BCUT2D eigenvalue weighted by Crippen LogP contribution is 2.34. The van der Waals surface area contributed by atoms with Crippen LogP contribution in [0.2, 0.25) is 0 Å². The van der Waals surface area contributed by atoms with Crippen LogP contribution in [-0.2, 0) is 22.6 Å². The normalized spacial score (nSPS) is 11.1. The molecule has 34 heavy (non-hydrogen) atoms. The van der Waals surface area contributed by atoms with Gasteiger partial charge in [0.25, 0.3) is 0 Å². The maximum atomic E-state index is 12.7. The second-order valence-electron chi connectivity index (χ2n) is 8.73. The lowest BCUT2D eigenvalue weighted by Gasteiger charge is -2.21. The van der Waals surface area contributed by atoms with E-state index in [1.165, 1.54) is 7.11 Å². The van der Waals surface area contributed by atoms with Crippen LogP contribution in [0.1, 0.15) is 42.3 Å². The van der Waals surface area contributed by atoms with E-state index in [9.17, 15) is 14.7 Å². The molecule has 7 heteroatoms. The summed E-state index contributed by atoms with van der Waals surface area (Å²) < 4.78 is 16.5. The van der Waals surface area contributed by atoms with E-state index in [1.54, 1.807) is 57.2 Å². The molecule has 0 unspecified atom stereocenters. The summed E-state index contributed by atoms with van der Waals surface area (Å²) in [5.41, 5.74) is 2.38. The van der Waals surface area contributed by atoms with E-state index in [2.05, 4.69) is 0 Å². The number of phenolic OH excluding ortho intramolecular Hbond substituents is 1. The number of ether oxygens (including phenoxy) is 3. The van der Waals surface area contributed by atoms with Crippen molar-refractivity contribution >= 4 is 11.9 Å². The number of carboxylic acid groups (broad SMARTS) is 1. The van der Waals surface area contributed by atoms with Crippen molar-refractivity contribution in [3.05, 3.63) is 77.4 Å². The van der Waals surface area contributed by atoms with Crippen LogP contribution in [-0.4, -0.2) is 34.9 Å². The topological polar surface area (TPSA) is 102 Å². The fourth-order valence-corrected chi connectivity index (χ4v) is 3.35. The molecule has 0 heterocycles. The Labute approximate surface area is 198 Å². The Kier molecular flexibility index (Phi) is 7.46. The van der Waals surface area contributed by atoms with Gasteiger partial charge in [-0.05, 0) is 55.7 Å². The first-order valence-electron chi connectivity index (χ1n) is 10.7. The molecule has 0 aromatic heterocycles. The lowest BCUT2D eigenvalue weighted by molar-refractivity contribution is -0.136. The smallest absolute Gasteiger partial charge is 0.343 e. The van der Waals surface area contributed by atoms with Crippen molar-refractivity contribution in [2.75, 3.05) is 7.11 Å². The van der Waals surface area contributed by atoms with Crippen molar-refractivity contribution in [1.29, 1.82) is 0 Å². The van der Waals surface area contributed by atoms with Crippen molar-refractivity contribution in [2.45, 2.75) is 39.4 Å². The molecule has 178 valence electrons. The van der Waals surface area contributed by atoms with Crippen LogP contribution in [0.25, 0.3) is 11.1 Å². The molecule has 0 aliphatic heterocycles. The Morgan fingerprint density at radius 3 is 2.00 bits per heavy atom. The third kappa shape index (κ3) is 6.28. The largest absolute Gasteiger partial charge is 0.504 e. The summed E-state index contributed by atoms with van der Waals surface area (Å²) in [7, 11) is 1.41. The first kappa shape index (κ1) is 24.6. The number of aromatic hydroxyl groups is 1. The number of rotatable bonds is 8. The monoisotopic (exact) mass is 464 g/mol. The zero-order valence-electron chi connectivity index (χ0n) is 19.6. The van der Waals surface area contributed by atoms with Crippen LogP contribution >= 0.6 is 0 Å². The Balaban J connectivity index is 1.75. The standard InChI is InChI=1S/C27H28O7/c1-27(2,3)34-26(31)24-20(11-14-22(32-4)25(24)30)16-33-21-12-9-19(10-13-21)18-7-5-17(6-8-18)15-23(28)29/h5-14,30H,15-16H2,1-4H3,(H,28,29). The average Bonchev–Trinajstić information content (AvgIpc) is 2.77. The van der Waals surface area contributed by atoms with E-state index in [1.807, 2.05) is 24.3 Å². The highest BCUT2D eigenvalue weighted by Gasteiger charge is 2.26. The fraction of sp³-hybridized carbons (Fsp3) is 0.259. The zero-order valence-corrected chi connectivity index (χ0v) is 19.6. The Hall–Kier alpha value is -4.00. The molecule has 0 radical (unpaired) electrons. The molecule has 0 atom stereocenters. The van der Waals surface area contributed by atoms with Crippen LogP contribution in [0, 0.1) is 0 Å². The van der Waals surface area contributed by atoms with E-state index >= 15 is 0 Å². The Morgan fingerprint density at radius 1 is 0.882 bits per heavy atom. The molecule has 0 aliphatic carbocycles. The number of benzene rings is 3. The summed E-state index contributed by atoms with van der Waals surface area (Å²) in [5.74, 6) is -1.07. The molecule has 0 saturated carbocycles. The SMILES string of the molecule is COc1ccc(COc2ccc(-c3ccc(CC(=O)O)cc3)cc2)c(C(=O)OC(C)(C)C)c1O. The quantitative estimate of drug-likeness (QED) is 0.440. The summed E-state index contributed by atoms with van der Waals surface area (Å²) in [4.78, 5) is 23.6. The van der Waals surface area contributed by atoms with Crippen LogP contribution in [0.4, 0.5) is 0 Å². The number of hydrogen-bond donors (Lipinski definition) is 2. The zero-order chi connectivity index (χ0) is 24.9. The van der Waals surface area contributed by atoms with Crippen molar-refractivity contribution in [2.24, 2.45) is 0 Å². The minimum atomic E-state index is -0.866. The molecule has 7 nitrogen and oxygen atoms in total.